The van der Waals surface area contributed by atoms with Crippen LogP contribution in [0.1, 0.15) is 11.1 Å². The number of aliphatic carboxylic acids is 1. The third-order valence-electron chi connectivity index (χ3n) is 3.43. The quantitative estimate of drug-likeness (QED) is 0.818. The molecule has 0 aromatic heterocycles. The molecule has 126 valence electrons. The lowest BCUT2D eigenvalue weighted by Crippen LogP contribution is -2.34. The molecule has 1 amide bonds. The largest absolute Gasteiger partial charge is 0.481 e. The van der Waals surface area contributed by atoms with Crippen LogP contribution in [-0.4, -0.2) is 23.7 Å². The van der Waals surface area contributed by atoms with E-state index in [1.807, 2.05) is 30.3 Å². The Morgan fingerprint density at radius 3 is 2.46 bits per heavy atom. The molecule has 0 fully saturated rings. The number of benzene rings is 2. The normalized spacial score (nSPS) is 11.5. The van der Waals surface area contributed by atoms with Gasteiger partial charge in [-0.25, -0.2) is 9.18 Å². The van der Waals surface area contributed by atoms with Gasteiger partial charge in [-0.1, -0.05) is 42.5 Å². The first kappa shape index (κ1) is 17.5. The molecule has 0 saturated carbocycles. The fourth-order valence-corrected chi connectivity index (χ4v) is 2.18. The van der Waals surface area contributed by atoms with Gasteiger partial charge in [0.25, 0.3) is 0 Å². The van der Waals surface area contributed by atoms with E-state index in [1.54, 1.807) is 6.07 Å². The Bertz CT molecular complexity index is 690. The van der Waals surface area contributed by atoms with Gasteiger partial charge < -0.3 is 15.2 Å². The predicted molar refractivity (Wildman–Crippen MR) is 85.9 cm³/mol. The third-order valence-corrected chi connectivity index (χ3v) is 3.43. The molecule has 5 nitrogen and oxygen atoms in total. The van der Waals surface area contributed by atoms with E-state index >= 15 is 0 Å². The Morgan fingerprint density at radius 2 is 1.79 bits per heavy atom. The summed E-state index contributed by atoms with van der Waals surface area (Å²) < 4.78 is 18.2. The van der Waals surface area contributed by atoms with Crippen molar-refractivity contribution >= 4 is 12.1 Å². The predicted octanol–water partition coefficient (Wildman–Crippen LogP) is 3.00. The molecule has 0 aliphatic carbocycles. The number of alkyl carbamates (subject to hydrolysis) is 1. The van der Waals surface area contributed by atoms with Gasteiger partial charge in [-0.3, -0.25) is 4.79 Å². The van der Waals surface area contributed by atoms with Crippen molar-refractivity contribution in [1.82, 2.24) is 5.32 Å². The van der Waals surface area contributed by atoms with Gasteiger partial charge in [0, 0.05) is 6.54 Å². The van der Waals surface area contributed by atoms with E-state index in [2.05, 4.69) is 5.32 Å². The summed E-state index contributed by atoms with van der Waals surface area (Å²) in [5, 5.41) is 11.7. The molecule has 0 aliphatic rings. The second-order valence-electron chi connectivity index (χ2n) is 5.31. The fraction of sp³-hybridized carbons (Fsp3) is 0.222. The van der Waals surface area contributed by atoms with E-state index in [4.69, 9.17) is 4.74 Å². The maximum atomic E-state index is 13.2. The van der Waals surface area contributed by atoms with E-state index in [1.165, 1.54) is 18.2 Å². The lowest BCUT2D eigenvalue weighted by Gasteiger charge is -2.14. The third kappa shape index (κ3) is 5.72. The number of halogens is 1. The summed E-state index contributed by atoms with van der Waals surface area (Å²) in [6, 6.07) is 14.9. The standard InChI is InChI=1S/C18H18FNO4/c19-16-8-4-7-14(10-16)9-15(17(21)22)11-20-18(23)24-12-13-5-2-1-3-6-13/h1-8,10,15H,9,11-12H2,(H,20,23)(H,21,22)/t15-/m0/s1. The molecule has 2 aromatic rings. The average Bonchev–Trinajstić information content (AvgIpc) is 2.57. The minimum atomic E-state index is -1.07. The second kappa shape index (κ2) is 8.67. The topological polar surface area (TPSA) is 75.6 Å². The van der Waals surface area contributed by atoms with Crippen molar-refractivity contribution in [2.45, 2.75) is 13.0 Å². The van der Waals surface area contributed by atoms with Gasteiger partial charge in [0.2, 0.25) is 0 Å². The van der Waals surface area contributed by atoms with Gasteiger partial charge in [0.05, 0.1) is 5.92 Å². The fourth-order valence-electron chi connectivity index (χ4n) is 2.18. The highest BCUT2D eigenvalue weighted by molar-refractivity contribution is 5.72. The zero-order valence-corrected chi connectivity index (χ0v) is 12.9. The monoisotopic (exact) mass is 331 g/mol. The highest BCUT2D eigenvalue weighted by atomic mass is 19.1. The van der Waals surface area contributed by atoms with Gasteiger partial charge >= 0.3 is 12.1 Å². The summed E-state index contributed by atoms with van der Waals surface area (Å²) >= 11 is 0. The van der Waals surface area contributed by atoms with Gasteiger partial charge in [0.1, 0.15) is 12.4 Å². The summed E-state index contributed by atoms with van der Waals surface area (Å²) in [7, 11) is 0. The van der Waals surface area contributed by atoms with Crippen LogP contribution in [0.3, 0.4) is 0 Å². The maximum Gasteiger partial charge on any atom is 0.407 e. The first-order valence-electron chi connectivity index (χ1n) is 7.46. The molecule has 0 unspecified atom stereocenters. The van der Waals surface area contributed by atoms with Crippen molar-refractivity contribution in [3.05, 3.63) is 71.5 Å². The molecule has 0 bridgehead atoms. The molecule has 24 heavy (non-hydrogen) atoms. The molecule has 6 heteroatoms. The Labute approximate surface area is 139 Å². The molecule has 2 rings (SSSR count). The summed E-state index contributed by atoms with van der Waals surface area (Å²) in [5.41, 5.74) is 1.39. The Hall–Kier alpha value is -2.89. The number of carbonyl (C=O) groups is 2. The minimum Gasteiger partial charge on any atom is -0.481 e. The van der Waals surface area contributed by atoms with Crippen molar-refractivity contribution in [2.24, 2.45) is 5.92 Å². The molecule has 0 heterocycles. The van der Waals surface area contributed by atoms with Crippen LogP contribution in [0.2, 0.25) is 0 Å². The number of nitrogens with one attached hydrogen (secondary N) is 1. The van der Waals surface area contributed by atoms with Crippen molar-refractivity contribution in [2.75, 3.05) is 6.54 Å². The second-order valence-corrected chi connectivity index (χ2v) is 5.31. The highest BCUT2D eigenvalue weighted by Gasteiger charge is 2.19. The number of carbonyl (C=O) groups excluding carboxylic acids is 1. The van der Waals surface area contributed by atoms with Crippen LogP contribution in [0, 0.1) is 11.7 Å². The van der Waals surface area contributed by atoms with Crippen molar-refractivity contribution in [1.29, 1.82) is 0 Å². The van der Waals surface area contributed by atoms with E-state index in [0.29, 0.717) is 5.56 Å². The Balaban J connectivity index is 1.82. The molecule has 0 spiro atoms. The molecular formula is C18H18FNO4. The summed E-state index contributed by atoms with van der Waals surface area (Å²) in [6.07, 6.45) is -0.573. The van der Waals surface area contributed by atoms with Crippen LogP contribution in [0.4, 0.5) is 9.18 Å². The Kier molecular flexibility index (Phi) is 6.31. The van der Waals surface area contributed by atoms with E-state index < -0.39 is 23.8 Å². The first-order chi connectivity index (χ1) is 11.5. The van der Waals surface area contributed by atoms with E-state index in [9.17, 15) is 19.1 Å². The van der Waals surface area contributed by atoms with Crippen molar-refractivity contribution < 1.29 is 23.8 Å². The zero-order chi connectivity index (χ0) is 17.4. The Morgan fingerprint density at radius 1 is 1.08 bits per heavy atom. The van der Waals surface area contributed by atoms with Gasteiger partial charge in [-0.05, 0) is 29.7 Å². The molecule has 2 aromatic carbocycles. The van der Waals surface area contributed by atoms with Crippen LogP contribution in [0.25, 0.3) is 0 Å². The molecule has 1 atom stereocenters. The molecule has 0 radical (unpaired) electrons. The molecule has 2 N–H and O–H groups in total. The number of ether oxygens (including phenoxy) is 1. The SMILES string of the molecule is O=C(NC[C@H](Cc1cccc(F)c1)C(=O)O)OCc1ccccc1. The number of amides is 1. The summed E-state index contributed by atoms with van der Waals surface area (Å²) in [6.45, 7) is 0.00772. The zero-order valence-electron chi connectivity index (χ0n) is 12.9. The average molecular weight is 331 g/mol. The van der Waals surface area contributed by atoms with E-state index in [0.717, 1.165) is 5.56 Å². The lowest BCUT2D eigenvalue weighted by atomic mass is 9.99. The minimum absolute atomic E-state index is 0.0977. The number of rotatable bonds is 7. The van der Waals surface area contributed by atoms with Crippen LogP contribution in [0.5, 0.6) is 0 Å². The first-order valence-corrected chi connectivity index (χ1v) is 7.46. The number of carboxylic acids is 1. The molecule has 0 aliphatic heterocycles. The van der Waals surface area contributed by atoms with Crippen molar-refractivity contribution in [3.63, 3.8) is 0 Å². The van der Waals surface area contributed by atoms with Crippen molar-refractivity contribution in [3.8, 4) is 0 Å². The number of hydrogen-bond acceptors (Lipinski definition) is 3. The van der Waals surface area contributed by atoms with Crippen LogP contribution < -0.4 is 5.32 Å². The molecular weight excluding hydrogens is 313 g/mol. The van der Waals surface area contributed by atoms with E-state index in [-0.39, 0.29) is 19.6 Å². The maximum absolute atomic E-state index is 13.2. The van der Waals surface area contributed by atoms with Crippen LogP contribution >= 0.6 is 0 Å². The number of carboxylic acid groups (broad SMARTS) is 1. The summed E-state index contributed by atoms with van der Waals surface area (Å²) in [5.74, 6) is -2.36. The highest BCUT2D eigenvalue weighted by Crippen LogP contribution is 2.11. The number of hydrogen-bond donors (Lipinski definition) is 2. The molecule has 0 saturated heterocycles. The van der Waals surface area contributed by atoms with Gasteiger partial charge in [-0.15, -0.1) is 0 Å². The van der Waals surface area contributed by atoms with Crippen LogP contribution in [0.15, 0.2) is 54.6 Å². The summed E-state index contributed by atoms with van der Waals surface area (Å²) in [4.78, 5) is 23.0. The van der Waals surface area contributed by atoms with Crippen LogP contribution in [-0.2, 0) is 22.6 Å². The smallest absolute Gasteiger partial charge is 0.407 e. The van der Waals surface area contributed by atoms with Gasteiger partial charge in [-0.2, -0.15) is 0 Å². The lowest BCUT2D eigenvalue weighted by molar-refractivity contribution is -0.141. The van der Waals surface area contributed by atoms with Gasteiger partial charge in [0.15, 0.2) is 0 Å².